The van der Waals surface area contributed by atoms with Crippen molar-refractivity contribution >= 4 is 29.1 Å². The summed E-state index contributed by atoms with van der Waals surface area (Å²) < 4.78 is 5.15. The van der Waals surface area contributed by atoms with E-state index < -0.39 is 5.91 Å². The van der Waals surface area contributed by atoms with Gasteiger partial charge in [0.1, 0.15) is 5.76 Å². The van der Waals surface area contributed by atoms with Gasteiger partial charge in [-0.1, -0.05) is 23.7 Å². The van der Waals surface area contributed by atoms with Crippen LogP contribution in [-0.2, 0) is 4.79 Å². The molecule has 1 heterocycles. The van der Waals surface area contributed by atoms with Gasteiger partial charge in [-0.2, -0.15) is 0 Å². The van der Waals surface area contributed by atoms with E-state index in [4.69, 9.17) is 16.0 Å². The molecular weight excluding hydrogens is 280 g/mol. The molecule has 0 aliphatic carbocycles. The van der Waals surface area contributed by atoms with Crippen LogP contribution in [0.5, 0.6) is 0 Å². The highest BCUT2D eigenvalue weighted by Crippen LogP contribution is 2.19. The predicted molar refractivity (Wildman–Crippen MR) is 75.9 cm³/mol. The van der Waals surface area contributed by atoms with Crippen molar-refractivity contribution < 1.29 is 14.0 Å². The van der Waals surface area contributed by atoms with Crippen LogP contribution in [0.3, 0.4) is 0 Å². The van der Waals surface area contributed by atoms with Crippen molar-refractivity contribution in [2.75, 3.05) is 11.9 Å². The number of anilines is 1. The maximum absolute atomic E-state index is 11.7. The summed E-state index contributed by atoms with van der Waals surface area (Å²) in [4.78, 5) is 23.4. The number of furan rings is 1. The highest BCUT2D eigenvalue weighted by atomic mass is 35.5. The molecular formula is C14H13ClN2O3. The monoisotopic (exact) mass is 292 g/mol. The molecule has 0 radical (unpaired) electrons. The molecule has 0 saturated carbocycles. The fourth-order valence-electron chi connectivity index (χ4n) is 1.56. The van der Waals surface area contributed by atoms with Crippen LogP contribution in [-0.4, -0.2) is 18.4 Å². The predicted octanol–water partition coefficient (Wildman–Crippen LogP) is 2.61. The highest BCUT2D eigenvalue weighted by Gasteiger charge is 2.12. The van der Waals surface area contributed by atoms with Gasteiger partial charge in [-0.3, -0.25) is 9.59 Å². The van der Waals surface area contributed by atoms with E-state index in [1.807, 2.05) is 0 Å². The molecule has 6 heteroatoms. The highest BCUT2D eigenvalue weighted by molar-refractivity contribution is 6.33. The number of nitrogens with one attached hydrogen (secondary N) is 2. The number of hydrogen-bond acceptors (Lipinski definition) is 3. The molecule has 2 rings (SSSR count). The van der Waals surface area contributed by atoms with Gasteiger partial charge in [0.2, 0.25) is 5.91 Å². The first-order valence-corrected chi connectivity index (χ1v) is 6.33. The first-order chi connectivity index (χ1) is 9.56. The number of halogens is 1. The minimum atomic E-state index is -0.438. The first kappa shape index (κ1) is 14.1. The Balaban J connectivity index is 1.87. The van der Waals surface area contributed by atoms with E-state index in [-0.39, 0.29) is 18.2 Å². The third-order valence-corrected chi connectivity index (χ3v) is 2.85. The first-order valence-electron chi connectivity index (χ1n) is 5.95. The second-order valence-corrected chi connectivity index (χ2v) is 4.53. The van der Waals surface area contributed by atoms with Crippen molar-refractivity contribution in [2.45, 2.75) is 6.92 Å². The molecule has 0 saturated heterocycles. The Hall–Kier alpha value is -2.27. The van der Waals surface area contributed by atoms with E-state index >= 15 is 0 Å². The number of carbonyl (C=O) groups is 2. The molecule has 0 atom stereocenters. The second-order valence-electron chi connectivity index (χ2n) is 4.12. The van der Waals surface area contributed by atoms with Gasteiger partial charge in [-0.05, 0) is 31.2 Å². The van der Waals surface area contributed by atoms with Crippen molar-refractivity contribution in [3.8, 4) is 0 Å². The summed E-state index contributed by atoms with van der Waals surface area (Å²) in [5.74, 6) is 0.00542. The Bertz CT molecular complexity index is 637. The number of benzene rings is 1. The fourth-order valence-corrected chi connectivity index (χ4v) is 1.74. The van der Waals surface area contributed by atoms with Gasteiger partial charge >= 0.3 is 0 Å². The van der Waals surface area contributed by atoms with E-state index in [1.165, 1.54) is 0 Å². The van der Waals surface area contributed by atoms with Crippen LogP contribution in [0.15, 0.2) is 40.8 Å². The summed E-state index contributed by atoms with van der Waals surface area (Å²) in [6.45, 7) is 1.57. The number of para-hydroxylation sites is 1. The number of aryl methyl sites for hydroxylation is 1. The molecule has 20 heavy (non-hydrogen) atoms. The number of amides is 2. The molecule has 2 amide bonds. The molecule has 104 valence electrons. The van der Waals surface area contributed by atoms with E-state index in [2.05, 4.69) is 10.6 Å². The van der Waals surface area contributed by atoms with E-state index in [1.54, 1.807) is 43.3 Å². The summed E-state index contributed by atoms with van der Waals surface area (Å²) in [6, 6.07) is 10.1. The van der Waals surface area contributed by atoms with Crippen LogP contribution >= 0.6 is 11.6 Å². The largest absolute Gasteiger partial charge is 0.456 e. The SMILES string of the molecule is Cc1ccc(C(=O)NCC(=O)Nc2ccccc2Cl)o1. The Morgan fingerprint density at radius 3 is 2.60 bits per heavy atom. The van der Waals surface area contributed by atoms with Gasteiger partial charge in [-0.25, -0.2) is 0 Å². The molecule has 0 bridgehead atoms. The third kappa shape index (κ3) is 3.61. The van der Waals surface area contributed by atoms with Crippen LogP contribution < -0.4 is 10.6 Å². The van der Waals surface area contributed by atoms with E-state index in [0.717, 1.165) is 0 Å². The minimum absolute atomic E-state index is 0.163. The van der Waals surface area contributed by atoms with Crippen molar-refractivity contribution in [2.24, 2.45) is 0 Å². The van der Waals surface area contributed by atoms with Gasteiger partial charge in [0.15, 0.2) is 5.76 Å². The normalized spacial score (nSPS) is 10.1. The van der Waals surface area contributed by atoms with Crippen molar-refractivity contribution in [3.63, 3.8) is 0 Å². The summed E-state index contributed by atoms with van der Waals surface area (Å²) in [7, 11) is 0. The van der Waals surface area contributed by atoms with Gasteiger partial charge in [-0.15, -0.1) is 0 Å². The molecule has 2 aromatic rings. The smallest absolute Gasteiger partial charge is 0.287 e. The quantitative estimate of drug-likeness (QED) is 0.910. The van der Waals surface area contributed by atoms with E-state index in [9.17, 15) is 9.59 Å². The van der Waals surface area contributed by atoms with Crippen LogP contribution in [0.4, 0.5) is 5.69 Å². The van der Waals surface area contributed by atoms with Crippen molar-refractivity contribution in [1.82, 2.24) is 5.32 Å². The maximum atomic E-state index is 11.7. The van der Waals surface area contributed by atoms with Crippen LogP contribution in [0.2, 0.25) is 5.02 Å². The van der Waals surface area contributed by atoms with Gasteiger partial charge in [0.05, 0.1) is 17.3 Å². The summed E-state index contributed by atoms with van der Waals surface area (Å²) >= 11 is 5.91. The lowest BCUT2D eigenvalue weighted by atomic mass is 10.3. The van der Waals surface area contributed by atoms with Crippen LogP contribution in [0.25, 0.3) is 0 Å². The number of rotatable bonds is 4. The summed E-state index contributed by atoms with van der Waals surface area (Å²) in [6.07, 6.45) is 0. The summed E-state index contributed by atoms with van der Waals surface area (Å²) in [5.41, 5.74) is 0.502. The maximum Gasteiger partial charge on any atom is 0.287 e. The fraction of sp³-hybridized carbons (Fsp3) is 0.143. The molecule has 1 aromatic heterocycles. The Labute approximate surface area is 120 Å². The Kier molecular flexibility index (Phi) is 4.42. The third-order valence-electron chi connectivity index (χ3n) is 2.52. The standard InChI is InChI=1S/C14H13ClN2O3/c1-9-6-7-12(20-9)14(19)16-8-13(18)17-11-5-3-2-4-10(11)15/h2-7H,8H2,1H3,(H,16,19)(H,17,18). The van der Waals surface area contributed by atoms with E-state index in [0.29, 0.717) is 16.5 Å². The zero-order chi connectivity index (χ0) is 14.5. The average Bonchev–Trinajstić information content (AvgIpc) is 2.85. The van der Waals surface area contributed by atoms with Gasteiger partial charge in [0.25, 0.3) is 5.91 Å². The lowest BCUT2D eigenvalue weighted by molar-refractivity contribution is -0.115. The number of carbonyl (C=O) groups excluding carboxylic acids is 2. The van der Waals surface area contributed by atoms with Crippen molar-refractivity contribution in [3.05, 3.63) is 52.9 Å². The van der Waals surface area contributed by atoms with Crippen molar-refractivity contribution in [1.29, 1.82) is 0 Å². The number of hydrogen-bond donors (Lipinski definition) is 2. The topological polar surface area (TPSA) is 71.3 Å². The lowest BCUT2D eigenvalue weighted by Crippen LogP contribution is -2.32. The van der Waals surface area contributed by atoms with Crippen LogP contribution in [0, 0.1) is 6.92 Å². The zero-order valence-electron chi connectivity index (χ0n) is 10.8. The van der Waals surface area contributed by atoms with Gasteiger partial charge in [0, 0.05) is 0 Å². The van der Waals surface area contributed by atoms with Crippen LogP contribution in [0.1, 0.15) is 16.3 Å². The lowest BCUT2D eigenvalue weighted by Gasteiger charge is -2.07. The molecule has 1 aromatic carbocycles. The molecule has 0 unspecified atom stereocenters. The molecule has 0 aliphatic heterocycles. The molecule has 0 fully saturated rings. The average molecular weight is 293 g/mol. The summed E-state index contributed by atoms with van der Waals surface area (Å²) in [5, 5.41) is 5.51. The Morgan fingerprint density at radius 2 is 1.95 bits per heavy atom. The molecule has 5 nitrogen and oxygen atoms in total. The minimum Gasteiger partial charge on any atom is -0.456 e. The van der Waals surface area contributed by atoms with Gasteiger partial charge < -0.3 is 15.1 Å². The second kappa shape index (κ2) is 6.25. The molecule has 2 N–H and O–H groups in total. The molecule has 0 spiro atoms. The Morgan fingerprint density at radius 1 is 1.20 bits per heavy atom. The molecule has 0 aliphatic rings. The zero-order valence-corrected chi connectivity index (χ0v) is 11.5.